The number of benzene rings is 2. The van der Waals surface area contributed by atoms with Gasteiger partial charge in [0.15, 0.2) is 29.1 Å². The number of aliphatic hydroxyl groups is 1. The van der Waals surface area contributed by atoms with Crippen LogP contribution in [0.4, 0.5) is 22.0 Å². The van der Waals surface area contributed by atoms with Gasteiger partial charge >= 0.3 is 0 Å². The Balaban J connectivity index is 2.25. The zero-order valence-electron chi connectivity index (χ0n) is 13.6. The van der Waals surface area contributed by atoms with Crippen molar-refractivity contribution in [2.75, 3.05) is 0 Å². The lowest BCUT2D eigenvalue weighted by molar-refractivity contribution is -0.234. The summed E-state index contributed by atoms with van der Waals surface area (Å²) in [6.07, 6.45) is 0. The molecular weight excluding hydrogens is 359 g/mol. The van der Waals surface area contributed by atoms with Crippen molar-refractivity contribution in [3.05, 3.63) is 70.5 Å². The molecule has 0 unspecified atom stereocenters. The number of hydrogen-bond donors (Lipinski definition) is 2. The molecule has 0 bridgehead atoms. The van der Waals surface area contributed by atoms with Crippen molar-refractivity contribution < 1.29 is 32.3 Å². The van der Waals surface area contributed by atoms with Crippen LogP contribution in [0.2, 0.25) is 0 Å². The minimum absolute atomic E-state index is 0.0145. The van der Waals surface area contributed by atoms with Crippen LogP contribution in [0.15, 0.2) is 35.3 Å². The third kappa shape index (κ3) is 2.24. The Morgan fingerprint density at radius 3 is 1.81 bits per heavy atom. The van der Waals surface area contributed by atoms with E-state index in [0.29, 0.717) is 0 Å². The molecule has 26 heavy (non-hydrogen) atoms. The maximum Gasteiger partial charge on any atom is 0.214 e. The Morgan fingerprint density at radius 1 is 0.846 bits per heavy atom. The SMILES string of the molecule is CC1(C)N=C(c2c(F)c(F)c(F)c(F)c2F)N(O)[C@@]1(O)c1ccccc1. The third-order valence-corrected chi connectivity index (χ3v) is 4.36. The topological polar surface area (TPSA) is 56.1 Å². The third-order valence-electron chi connectivity index (χ3n) is 4.36. The molecule has 1 heterocycles. The zero-order chi connectivity index (χ0) is 19.4. The highest BCUT2D eigenvalue weighted by atomic mass is 19.2. The molecule has 138 valence electrons. The number of hydroxylamine groups is 2. The van der Waals surface area contributed by atoms with Crippen molar-refractivity contribution in [3.8, 4) is 0 Å². The number of nitrogens with zero attached hydrogens (tertiary/aromatic N) is 2. The van der Waals surface area contributed by atoms with Crippen molar-refractivity contribution in [2.45, 2.75) is 25.1 Å². The van der Waals surface area contributed by atoms with Crippen LogP contribution >= 0.6 is 0 Å². The Morgan fingerprint density at radius 2 is 1.31 bits per heavy atom. The van der Waals surface area contributed by atoms with E-state index in [2.05, 4.69) is 4.99 Å². The van der Waals surface area contributed by atoms with E-state index in [1.54, 1.807) is 6.07 Å². The molecule has 1 atom stereocenters. The van der Waals surface area contributed by atoms with Crippen LogP contribution in [0.5, 0.6) is 0 Å². The molecule has 1 aliphatic rings. The first kappa shape index (κ1) is 18.3. The molecule has 0 aromatic heterocycles. The molecule has 0 radical (unpaired) electrons. The van der Waals surface area contributed by atoms with E-state index in [4.69, 9.17) is 0 Å². The fourth-order valence-electron chi connectivity index (χ4n) is 2.91. The van der Waals surface area contributed by atoms with E-state index in [1.807, 2.05) is 0 Å². The number of amidine groups is 1. The number of hydrogen-bond acceptors (Lipinski definition) is 4. The van der Waals surface area contributed by atoms with Gasteiger partial charge in [-0.2, -0.15) is 5.06 Å². The van der Waals surface area contributed by atoms with E-state index in [1.165, 1.54) is 38.1 Å². The highest BCUT2D eigenvalue weighted by Crippen LogP contribution is 2.44. The Labute approximate surface area is 144 Å². The Kier molecular flexibility index (Phi) is 4.04. The van der Waals surface area contributed by atoms with Gasteiger partial charge in [0.1, 0.15) is 5.54 Å². The molecule has 2 aromatic rings. The second-order valence-electron chi connectivity index (χ2n) is 6.29. The second-order valence-corrected chi connectivity index (χ2v) is 6.29. The molecule has 2 aromatic carbocycles. The molecule has 1 aliphatic heterocycles. The summed E-state index contributed by atoms with van der Waals surface area (Å²) in [5.74, 6) is -12.0. The Hall–Kier alpha value is -2.52. The van der Waals surface area contributed by atoms with Gasteiger partial charge in [0, 0.05) is 5.56 Å². The van der Waals surface area contributed by atoms with E-state index in [-0.39, 0.29) is 10.6 Å². The number of halogens is 5. The molecular formula is C17H13F5N2O2. The lowest BCUT2D eigenvalue weighted by Gasteiger charge is -2.38. The summed E-state index contributed by atoms with van der Waals surface area (Å²) in [5, 5.41) is 21.5. The highest BCUT2D eigenvalue weighted by molar-refractivity contribution is 6.00. The molecule has 9 heteroatoms. The maximum atomic E-state index is 14.1. The highest BCUT2D eigenvalue weighted by Gasteiger charge is 2.57. The molecule has 0 saturated carbocycles. The van der Waals surface area contributed by atoms with Crippen LogP contribution in [-0.2, 0) is 5.72 Å². The molecule has 0 amide bonds. The van der Waals surface area contributed by atoms with E-state index in [0.717, 1.165) is 0 Å². The summed E-state index contributed by atoms with van der Waals surface area (Å²) >= 11 is 0. The molecule has 0 spiro atoms. The lowest BCUT2D eigenvalue weighted by atomic mass is 9.86. The van der Waals surface area contributed by atoms with Crippen LogP contribution in [0.3, 0.4) is 0 Å². The molecule has 0 saturated heterocycles. The summed E-state index contributed by atoms with van der Waals surface area (Å²) in [7, 11) is 0. The van der Waals surface area contributed by atoms with Gasteiger partial charge in [0.05, 0.1) is 5.56 Å². The summed E-state index contributed by atoms with van der Waals surface area (Å²) in [6.45, 7) is 2.67. The molecule has 3 rings (SSSR count). The van der Waals surface area contributed by atoms with E-state index < -0.39 is 51.7 Å². The fourth-order valence-corrected chi connectivity index (χ4v) is 2.91. The smallest absolute Gasteiger partial charge is 0.214 e. The van der Waals surface area contributed by atoms with Crippen LogP contribution < -0.4 is 0 Å². The van der Waals surface area contributed by atoms with Gasteiger partial charge in [0.2, 0.25) is 11.5 Å². The normalized spacial score (nSPS) is 21.9. The minimum atomic E-state index is -2.33. The summed E-state index contributed by atoms with van der Waals surface area (Å²) in [4.78, 5) is 3.84. The zero-order valence-corrected chi connectivity index (χ0v) is 13.6. The predicted molar refractivity (Wildman–Crippen MR) is 80.8 cm³/mol. The average Bonchev–Trinajstić information content (AvgIpc) is 2.80. The first-order chi connectivity index (χ1) is 12.0. The largest absolute Gasteiger partial charge is 0.363 e. The van der Waals surface area contributed by atoms with Crippen LogP contribution in [0, 0.1) is 29.1 Å². The molecule has 2 N–H and O–H groups in total. The van der Waals surface area contributed by atoms with Crippen molar-refractivity contribution in [2.24, 2.45) is 4.99 Å². The standard InChI is InChI=1S/C17H13F5N2O2/c1-16(2)17(25,8-6-4-3-5-7-8)24(26)15(23-16)9-10(18)12(20)14(22)13(21)11(9)19/h3-7,25-26H,1-2H3/t17-/m1/s1. The summed E-state index contributed by atoms with van der Waals surface area (Å²) < 4.78 is 68.5. The van der Waals surface area contributed by atoms with Gasteiger partial charge < -0.3 is 5.11 Å². The average molecular weight is 372 g/mol. The fraction of sp³-hybridized carbons (Fsp3) is 0.235. The van der Waals surface area contributed by atoms with Gasteiger partial charge in [-0.15, -0.1) is 0 Å². The molecule has 0 fully saturated rings. The molecule has 4 nitrogen and oxygen atoms in total. The number of aliphatic imine (C=N–C) groups is 1. The molecule has 0 aliphatic carbocycles. The quantitative estimate of drug-likeness (QED) is 0.482. The van der Waals surface area contributed by atoms with Crippen molar-refractivity contribution in [1.29, 1.82) is 0 Å². The monoisotopic (exact) mass is 372 g/mol. The Bertz CT molecular complexity index is 888. The second kappa shape index (κ2) is 5.75. The van der Waals surface area contributed by atoms with Gasteiger partial charge in [-0.3, -0.25) is 10.2 Å². The van der Waals surface area contributed by atoms with Gasteiger partial charge in [0.25, 0.3) is 0 Å². The first-order valence-corrected chi connectivity index (χ1v) is 7.42. The summed E-state index contributed by atoms with van der Waals surface area (Å²) in [6, 6.07) is 7.54. The van der Waals surface area contributed by atoms with Crippen molar-refractivity contribution >= 4 is 5.84 Å². The van der Waals surface area contributed by atoms with Gasteiger partial charge in [-0.25, -0.2) is 22.0 Å². The minimum Gasteiger partial charge on any atom is -0.363 e. The van der Waals surface area contributed by atoms with Crippen LogP contribution in [0.1, 0.15) is 25.0 Å². The van der Waals surface area contributed by atoms with E-state index in [9.17, 15) is 32.3 Å². The van der Waals surface area contributed by atoms with Gasteiger partial charge in [-0.05, 0) is 13.8 Å². The first-order valence-electron chi connectivity index (χ1n) is 7.42. The van der Waals surface area contributed by atoms with E-state index >= 15 is 0 Å². The number of rotatable bonds is 2. The predicted octanol–water partition coefficient (Wildman–Crippen LogP) is 3.46. The lowest BCUT2D eigenvalue weighted by Crippen LogP contribution is -2.53. The van der Waals surface area contributed by atoms with Crippen LogP contribution in [0.25, 0.3) is 0 Å². The van der Waals surface area contributed by atoms with Crippen LogP contribution in [-0.4, -0.2) is 26.8 Å². The summed E-state index contributed by atoms with van der Waals surface area (Å²) in [5.41, 5.74) is -5.21. The van der Waals surface area contributed by atoms with Gasteiger partial charge in [-0.1, -0.05) is 30.3 Å². The van der Waals surface area contributed by atoms with Crippen molar-refractivity contribution in [3.63, 3.8) is 0 Å². The van der Waals surface area contributed by atoms with Crippen molar-refractivity contribution in [1.82, 2.24) is 5.06 Å². The maximum absolute atomic E-state index is 14.1.